The molecule has 114 valence electrons. The number of hydrogen-bond donors (Lipinski definition) is 2. The third-order valence-corrected chi connectivity index (χ3v) is 3.24. The van der Waals surface area contributed by atoms with Gasteiger partial charge in [0.05, 0.1) is 0 Å². The maximum atomic E-state index is 12.1. The first-order chi connectivity index (χ1) is 10.5. The fourth-order valence-electron chi connectivity index (χ4n) is 2.17. The third kappa shape index (κ3) is 3.69. The Morgan fingerprint density at radius 2 is 2.18 bits per heavy atom. The fraction of sp³-hybridized carbons (Fsp3) is 0.235. The van der Waals surface area contributed by atoms with Gasteiger partial charge < -0.3 is 10.3 Å². The molecule has 0 aromatic carbocycles. The van der Waals surface area contributed by atoms with Gasteiger partial charge in [0.2, 0.25) is 0 Å². The SMILES string of the molecule is CCc1[nH]c(=O)c(NC=CC(C)=O)cc1-c1ccnc(C)c1. The lowest BCUT2D eigenvalue weighted by Crippen LogP contribution is -2.14. The second-order valence-electron chi connectivity index (χ2n) is 5.03. The Hall–Kier alpha value is -2.69. The molecule has 2 heterocycles. The number of ketones is 1. The first kappa shape index (κ1) is 15.7. The maximum absolute atomic E-state index is 12.1. The molecule has 2 aromatic rings. The smallest absolute Gasteiger partial charge is 0.271 e. The van der Waals surface area contributed by atoms with E-state index in [1.54, 1.807) is 12.3 Å². The molecular formula is C17H19N3O2. The van der Waals surface area contributed by atoms with Crippen LogP contribution >= 0.6 is 0 Å². The number of carbonyl (C=O) groups excluding carboxylic acids is 1. The molecule has 0 atom stereocenters. The van der Waals surface area contributed by atoms with E-state index < -0.39 is 0 Å². The van der Waals surface area contributed by atoms with Crippen LogP contribution in [0.4, 0.5) is 5.69 Å². The van der Waals surface area contributed by atoms with E-state index in [0.717, 1.165) is 28.9 Å². The molecule has 0 unspecified atom stereocenters. The molecule has 5 nitrogen and oxygen atoms in total. The molecule has 2 N–H and O–H groups in total. The number of aromatic nitrogens is 2. The first-order valence-corrected chi connectivity index (χ1v) is 7.14. The number of rotatable bonds is 5. The summed E-state index contributed by atoms with van der Waals surface area (Å²) in [6.45, 7) is 5.37. The number of nitrogens with one attached hydrogen (secondary N) is 2. The molecule has 0 aliphatic carbocycles. The molecule has 0 spiro atoms. The van der Waals surface area contributed by atoms with Crippen LogP contribution in [0.3, 0.4) is 0 Å². The minimum absolute atomic E-state index is 0.0842. The Morgan fingerprint density at radius 1 is 1.41 bits per heavy atom. The van der Waals surface area contributed by atoms with Crippen molar-refractivity contribution < 1.29 is 4.79 Å². The zero-order chi connectivity index (χ0) is 16.1. The number of hydrogen-bond acceptors (Lipinski definition) is 4. The number of allylic oxidation sites excluding steroid dienone is 1. The predicted octanol–water partition coefficient (Wildman–Crippen LogP) is 2.82. The number of H-pyrrole nitrogens is 1. The van der Waals surface area contributed by atoms with Gasteiger partial charge in [0.1, 0.15) is 5.69 Å². The van der Waals surface area contributed by atoms with E-state index in [1.807, 2.05) is 26.0 Å². The molecule has 0 fully saturated rings. The molecule has 0 saturated carbocycles. The molecule has 2 rings (SSSR count). The number of anilines is 1. The van der Waals surface area contributed by atoms with Gasteiger partial charge in [-0.25, -0.2) is 0 Å². The van der Waals surface area contributed by atoms with Gasteiger partial charge in [-0.3, -0.25) is 14.6 Å². The van der Waals surface area contributed by atoms with Crippen molar-refractivity contribution in [2.45, 2.75) is 27.2 Å². The summed E-state index contributed by atoms with van der Waals surface area (Å²) < 4.78 is 0. The summed E-state index contributed by atoms with van der Waals surface area (Å²) >= 11 is 0. The maximum Gasteiger partial charge on any atom is 0.271 e. The largest absolute Gasteiger partial charge is 0.357 e. The van der Waals surface area contributed by atoms with Crippen molar-refractivity contribution in [3.05, 3.63) is 58.4 Å². The normalized spacial score (nSPS) is 10.9. The van der Waals surface area contributed by atoms with Gasteiger partial charge in [-0.15, -0.1) is 0 Å². The van der Waals surface area contributed by atoms with Gasteiger partial charge in [-0.2, -0.15) is 0 Å². The van der Waals surface area contributed by atoms with Crippen LogP contribution in [-0.2, 0) is 11.2 Å². The Morgan fingerprint density at radius 3 is 2.82 bits per heavy atom. The van der Waals surface area contributed by atoms with E-state index in [1.165, 1.54) is 19.2 Å². The van der Waals surface area contributed by atoms with Crippen LogP contribution in [0.5, 0.6) is 0 Å². The van der Waals surface area contributed by atoms with Gasteiger partial charge in [-0.05, 0) is 50.1 Å². The van der Waals surface area contributed by atoms with E-state index in [4.69, 9.17) is 0 Å². The molecule has 0 aliphatic heterocycles. The standard InChI is InChI=1S/C17H19N3O2/c1-4-15-14(13-6-8-18-11(2)9-13)10-16(17(22)20-15)19-7-5-12(3)21/h5-10,19H,4H2,1-3H3,(H,20,22). The minimum Gasteiger partial charge on any atom is -0.357 e. The lowest BCUT2D eigenvalue weighted by Gasteiger charge is -2.11. The molecular weight excluding hydrogens is 278 g/mol. The van der Waals surface area contributed by atoms with E-state index in [9.17, 15) is 9.59 Å². The summed E-state index contributed by atoms with van der Waals surface area (Å²) in [4.78, 5) is 30.1. The van der Waals surface area contributed by atoms with Crippen LogP contribution in [0.1, 0.15) is 25.2 Å². The third-order valence-electron chi connectivity index (χ3n) is 3.24. The predicted molar refractivity (Wildman–Crippen MR) is 87.9 cm³/mol. The van der Waals surface area contributed by atoms with E-state index in [-0.39, 0.29) is 11.3 Å². The van der Waals surface area contributed by atoms with Gasteiger partial charge in [0.25, 0.3) is 5.56 Å². The van der Waals surface area contributed by atoms with Gasteiger partial charge in [0.15, 0.2) is 5.78 Å². The van der Waals surface area contributed by atoms with Crippen molar-refractivity contribution in [1.29, 1.82) is 0 Å². The second-order valence-corrected chi connectivity index (χ2v) is 5.03. The molecule has 5 heteroatoms. The summed E-state index contributed by atoms with van der Waals surface area (Å²) in [5.74, 6) is -0.0842. The Kier molecular flexibility index (Phi) is 4.88. The van der Waals surface area contributed by atoms with Gasteiger partial charge in [-0.1, -0.05) is 6.92 Å². The lowest BCUT2D eigenvalue weighted by molar-refractivity contribution is -0.112. The number of aromatic amines is 1. The van der Waals surface area contributed by atoms with Crippen molar-refractivity contribution in [3.63, 3.8) is 0 Å². The zero-order valence-electron chi connectivity index (χ0n) is 12.9. The summed E-state index contributed by atoms with van der Waals surface area (Å²) in [6, 6.07) is 5.69. The highest BCUT2D eigenvalue weighted by Gasteiger charge is 2.09. The van der Waals surface area contributed by atoms with Crippen molar-refractivity contribution in [2.24, 2.45) is 0 Å². The van der Waals surface area contributed by atoms with Crippen LogP contribution in [0.2, 0.25) is 0 Å². The highest BCUT2D eigenvalue weighted by molar-refractivity contribution is 5.87. The summed E-state index contributed by atoms with van der Waals surface area (Å²) in [7, 11) is 0. The minimum atomic E-state index is -0.209. The van der Waals surface area contributed by atoms with E-state index >= 15 is 0 Å². The number of pyridine rings is 2. The average Bonchev–Trinajstić information content (AvgIpc) is 2.48. The van der Waals surface area contributed by atoms with Crippen LogP contribution in [0.15, 0.2) is 41.5 Å². The molecule has 0 bridgehead atoms. The van der Waals surface area contributed by atoms with Crippen molar-refractivity contribution in [1.82, 2.24) is 9.97 Å². The van der Waals surface area contributed by atoms with Crippen LogP contribution < -0.4 is 10.9 Å². The van der Waals surface area contributed by atoms with Crippen LogP contribution in [-0.4, -0.2) is 15.8 Å². The second kappa shape index (κ2) is 6.85. The van der Waals surface area contributed by atoms with Crippen molar-refractivity contribution >= 4 is 11.5 Å². The van der Waals surface area contributed by atoms with Crippen molar-refractivity contribution in [3.8, 4) is 11.1 Å². The monoisotopic (exact) mass is 297 g/mol. The van der Waals surface area contributed by atoms with Crippen LogP contribution in [0.25, 0.3) is 11.1 Å². The Balaban J connectivity index is 2.48. The average molecular weight is 297 g/mol. The molecule has 0 saturated heterocycles. The van der Waals surface area contributed by atoms with Crippen LogP contribution in [0, 0.1) is 6.92 Å². The first-order valence-electron chi connectivity index (χ1n) is 7.14. The highest BCUT2D eigenvalue weighted by atomic mass is 16.1. The van der Waals surface area contributed by atoms with Gasteiger partial charge in [0, 0.05) is 29.3 Å². The number of carbonyl (C=O) groups is 1. The molecule has 22 heavy (non-hydrogen) atoms. The quantitative estimate of drug-likeness (QED) is 0.832. The van der Waals surface area contributed by atoms with Gasteiger partial charge >= 0.3 is 0 Å². The van der Waals surface area contributed by atoms with E-state index in [0.29, 0.717) is 5.69 Å². The zero-order valence-corrected chi connectivity index (χ0v) is 12.9. The topological polar surface area (TPSA) is 74.8 Å². The number of aryl methyl sites for hydroxylation is 2. The lowest BCUT2D eigenvalue weighted by atomic mass is 10.0. The Bertz CT molecular complexity index is 776. The fourth-order valence-corrected chi connectivity index (χ4v) is 2.17. The number of nitrogens with zero attached hydrogens (tertiary/aromatic N) is 1. The Labute approximate surface area is 129 Å². The highest BCUT2D eigenvalue weighted by Crippen LogP contribution is 2.24. The molecule has 0 amide bonds. The summed E-state index contributed by atoms with van der Waals surface area (Å²) in [6.07, 6.45) is 5.32. The molecule has 0 radical (unpaired) electrons. The summed E-state index contributed by atoms with van der Waals surface area (Å²) in [5.41, 5.74) is 3.93. The van der Waals surface area contributed by atoms with Crippen molar-refractivity contribution in [2.75, 3.05) is 5.32 Å². The molecule has 0 aliphatic rings. The summed E-state index contributed by atoms with van der Waals surface area (Å²) in [5, 5.41) is 2.86. The van der Waals surface area contributed by atoms with E-state index in [2.05, 4.69) is 15.3 Å². The molecule has 2 aromatic heterocycles.